The van der Waals surface area contributed by atoms with Crippen molar-refractivity contribution in [3.05, 3.63) is 65.5 Å². The first-order valence-electron chi connectivity index (χ1n) is 5.82. The molecule has 2 rings (SSSR count). The Morgan fingerprint density at radius 1 is 1.21 bits per heavy atom. The maximum atomic E-state index is 10.6. The summed E-state index contributed by atoms with van der Waals surface area (Å²) in [5.41, 5.74) is 4.76. The van der Waals surface area contributed by atoms with Gasteiger partial charge in [0.2, 0.25) is 0 Å². The monoisotopic (exact) mass is 258 g/mol. The molecule has 0 amide bonds. The molecule has 1 heterocycles. The van der Waals surface area contributed by atoms with Gasteiger partial charge >= 0.3 is 5.97 Å². The predicted octanol–water partition coefficient (Wildman–Crippen LogP) is 2.00. The maximum absolute atomic E-state index is 10.6. The summed E-state index contributed by atoms with van der Waals surface area (Å²) in [6.45, 7) is 0.890. The number of aromatic nitrogens is 1. The second-order valence-electron chi connectivity index (χ2n) is 3.94. The van der Waals surface area contributed by atoms with Gasteiger partial charge in [0.15, 0.2) is 0 Å². The zero-order valence-corrected chi connectivity index (χ0v) is 10.2. The first kappa shape index (κ1) is 13.2. The van der Waals surface area contributed by atoms with Gasteiger partial charge in [-0.15, -0.1) is 0 Å². The Hall–Kier alpha value is -2.24. The van der Waals surface area contributed by atoms with Crippen LogP contribution in [0.5, 0.6) is 0 Å². The molecule has 0 radical (unpaired) electrons. The van der Waals surface area contributed by atoms with Crippen molar-refractivity contribution in [2.24, 2.45) is 0 Å². The van der Waals surface area contributed by atoms with Gasteiger partial charge in [-0.3, -0.25) is 9.82 Å². The third-order valence-corrected chi connectivity index (χ3v) is 2.51. The minimum Gasteiger partial charge on any atom is -0.478 e. The number of benzene rings is 1. The van der Waals surface area contributed by atoms with E-state index in [4.69, 9.17) is 9.94 Å². The summed E-state index contributed by atoms with van der Waals surface area (Å²) < 4.78 is 0. The van der Waals surface area contributed by atoms with E-state index in [2.05, 4.69) is 10.5 Å². The molecule has 2 aromatic rings. The number of nitrogens with zero attached hydrogens (tertiary/aromatic N) is 1. The molecule has 0 fully saturated rings. The number of hydrogen-bond acceptors (Lipinski definition) is 4. The number of hydroxylamine groups is 1. The number of carbonyl (C=O) groups is 1. The summed E-state index contributed by atoms with van der Waals surface area (Å²) in [6.07, 6.45) is 1.33. The van der Waals surface area contributed by atoms with Crippen LogP contribution in [0, 0.1) is 0 Å². The van der Waals surface area contributed by atoms with Crippen LogP contribution in [-0.2, 0) is 18.0 Å². The van der Waals surface area contributed by atoms with Gasteiger partial charge in [-0.1, -0.05) is 30.3 Å². The van der Waals surface area contributed by atoms with Crippen molar-refractivity contribution < 1.29 is 14.7 Å². The molecular weight excluding hydrogens is 244 g/mol. The summed E-state index contributed by atoms with van der Waals surface area (Å²) in [7, 11) is 0. The number of hydrogen-bond donors (Lipinski definition) is 2. The van der Waals surface area contributed by atoms with Crippen LogP contribution in [0.15, 0.2) is 48.7 Å². The van der Waals surface area contributed by atoms with E-state index in [1.807, 2.05) is 30.3 Å². The number of aromatic carboxylic acids is 1. The largest absolute Gasteiger partial charge is 0.478 e. The topological polar surface area (TPSA) is 71.5 Å². The molecule has 5 heteroatoms. The predicted molar refractivity (Wildman–Crippen MR) is 69.3 cm³/mol. The lowest BCUT2D eigenvalue weighted by molar-refractivity contribution is 0.0228. The molecule has 5 nitrogen and oxygen atoms in total. The highest BCUT2D eigenvalue weighted by molar-refractivity contribution is 5.87. The van der Waals surface area contributed by atoms with Crippen LogP contribution in [0.25, 0.3) is 0 Å². The maximum Gasteiger partial charge on any atom is 0.337 e. The molecule has 1 aromatic carbocycles. The molecule has 0 aliphatic rings. The van der Waals surface area contributed by atoms with E-state index in [0.717, 1.165) is 11.3 Å². The quantitative estimate of drug-likeness (QED) is 0.612. The van der Waals surface area contributed by atoms with E-state index < -0.39 is 5.97 Å². The number of pyridine rings is 1. The number of carboxylic acids is 1. The van der Waals surface area contributed by atoms with Crippen molar-refractivity contribution in [2.45, 2.75) is 13.2 Å². The molecule has 1 aromatic heterocycles. The normalized spacial score (nSPS) is 10.3. The Balaban J connectivity index is 1.75. The Labute approximate surface area is 110 Å². The Morgan fingerprint density at radius 2 is 2.00 bits per heavy atom. The standard InChI is InChI=1S/C14H14N2O3/c17-14(18)12-6-7-13(15-8-12)9-16-19-10-11-4-2-1-3-5-11/h1-8,16H,9-10H2,(H,17,18). The van der Waals surface area contributed by atoms with Crippen LogP contribution in [0.4, 0.5) is 0 Å². The second-order valence-corrected chi connectivity index (χ2v) is 3.94. The van der Waals surface area contributed by atoms with Gasteiger partial charge < -0.3 is 5.11 Å². The van der Waals surface area contributed by atoms with Crippen LogP contribution in [0.1, 0.15) is 21.6 Å². The van der Waals surface area contributed by atoms with Crippen LogP contribution in [0.2, 0.25) is 0 Å². The molecule has 0 aliphatic carbocycles. The highest BCUT2D eigenvalue weighted by Gasteiger charge is 2.02. The molecule has 0 bridgehead atoms. The van der Waals surface area contributed by atoms with Crippen LogP contribution in [-0.4, -0.2) is 16.1 Å². The van der Waals surface area contributed by atoms with Crippen molar-refractivity contribution in [1.82, 2.24) is 10.5 Å². The van der Waals surface area contributed by atoms with Gasteiger partial charge in [0, 0.05) is 6.20 Å². The van der Waals surface area contributed by atoms with Gasteiger partial charge in [0.1, 0.15) is 0 Å². The first-order valence-corrected chi connectivity index (χ1v) is 5.82. The number of rotatable bonds is 6. The highest BCUT2D eigenvalue weighted by Crippen LogP contribution is 2.01. The molecule has 0 atom stereocenters. The zero-order valence-electron chi connectivity index (χ0n) is 10.2. The highest BCUT2D eigenvalue weighted by atomic mass is 16.6. The van der Waals surface area contributed by atoms with E-state index in [-0.39, 0.29) is 5.56 Å². The summed E-state index contributed by atoms with van der Waals surface area (Å²) in [6, 6.07) is 13.0. The van der Waals surface area contributed by atoms with Crippen LogP contribution >= 0.6 is 0 Å². The minimum absolute atomic E-state index is 0.175. The lowest BCUT2D eigenvalue weighted by atomic mass is 10.2. The number of carboxylic acid groups (broad SMARTS) is 1. The Morgan fingerprint density at radius 3 is 2.63 bits per heavy atom. The summed E-state index contributed by atoms with van der Waals surface area (Å²) in [4.78, 5) is 20.0. The molecule has 0 spiro atoms. The van der Waals surface area contributed by atoms with E-state index >= 15 is 0 Å². The van der Waals surface area contributed by atoms with E-state index in [1.165, 1.54) is 12.3 Å². The molecule has 0 aliphatic heterocycles. The Kier molecular flexibility index (Phi) is 4.60. The van der Waals surface area contributed by atoms with Gasteiger partial charge in [0.05, 0.1) is 24.4 Å². The van der Waals surface area contributed by atoms with E-state index in [0.29, 0.717) is 13.2 Å². The van der Waals surface area contributed by atoms with Gasteiger partial charge in [0.25, 0.3) is 0 Å². The van der Waals surface area contributed by atoms with Crippen LogP contribution in [0.3, 0.4) is 0 Å². The smallest absolute Gasteiger partial charge is 0.337 e. The number of nitrogens with one attached hydrogen (secondary N) is 1. The van der Waals surface area contributed by atoms with E-state index in [1.54, 1.807) is 6.07 Å². The van der Waals surface area contributed by atoms with Gasteiger partial charge in [-0.25, -0.2) is 4.79 Å². The molecule has 98 valence electrons. The summed E-state index contributed by atoms with van der Waals surface area (Å²) in [5.74, 6) is -0.979. The molecule has 0 saturated heterocycles. The molecular formula is C14H14N2O3. The van der Waals surface area contributed by atoms with Crippen molar-refractivity contribution >= 4 is 5.97 Å². The van der Waals surface area contributed by atoms with Crippen molar-refractivity contribution in [1.29, 1.82) is 0 Å². The lowest BCUT2D eigenvalue weighted by Crippen LogP contribution is -2.15. The first-order chi connectivity index (χ1) is 9.25. The molecule has 19 heavy (non-hydrogen) atoms. The van der Waals surface area contributed by atoms with Gasteiger partial charge in [-0.2, -0.15) is 5.48 Å². The molecule has 0 unspecified atom stereocenters. The lowest BCUT2D eigenvalue weighted by Gasteiger charge is -2.05. The van der Waals surface area contributed by atoms with E-state index in [9.17, 15) is 4.79 Å². The third-order valence-electron chi connectivity index (χ3n) is 2.51. The van der Waals surface area contributed by atoms with Gasteiger partial charge in [-0.05, 0) is 17.7 Å². The fourth-order valence-corrected chi connectivity index (χ4v) is 1.49. The van der Waals surface area contributed by atoms with Crippen molar-refractivity contribution in [2.75, 3.05) is 0 Å². The average molecular weight is 258 g/mol. The SMILES string of the molecule is O=C(O)c1ccc(CNOCc2ccccc2)nc1. The fourth-order valence-electron chi connectivity index (χ4n) is 1.49. The van der Waals surface area contributed by atoms with Crippen molar-refractivity contribution in [3.63, 3.8) is 0 Å². The van der Waals surface area contributed by atoms with Crippen LogP contribution < -0.4 is 5.48 Å². The fraction of sp³-hybridized carbons (Fsp3) is 0.143. The molecule has 2 N–H and O–H groups in total. The summed E-state index contributed by atoms with van der Waals surface area (Å²) >= 11 is 0. The summed E-state index contributed by atoms with van der Waals surface area (Å²) in [5, 5.41) is 8.74. The average Bonchev–Trinajstić information content (AvgIpc) is 2.45. The second kappa shape index (κ2) is 6.63. The van der Waals surface area contributed by atoms with Crippen molar-refractivity contribution in [3.8, 4) is 0 Å². The Bertz CT molecular complexity index is 526. The minimum atomic E-state index is -0.979. The third kappa shape index (κ3) is 4.17. The molecule has 0 saturated carbocycles. The zero-order chi connectivity index (χ0) is 13.5.